The molecule has 0 saturated heterocycles. The van der Waals surface area contributed by atoms with E-state index in [-0.39, 0.29) is 85.9 Å². The minimum atomic E-state index is -0.978. The van der Waals surface area contributed by atoms with Gasteiger partial charge in [-0.25, -0.2) is 0 Å². The number of hydrogen-bond donors (Lipinski definition) is 0. The quantitative estimate of drug-likeness (QED) is 0.0357. The van der Waals surface area contributed by atoms with Gasteiger partial charge < -0.3 is 38.7 Å². The van der Waals surface area contributed by atoms with E-state index in [0.717, 1.165) is 75.3 Å². The molecule has 364 valence electrons. The van der Waals surface area contributed by atoms with Crippen LogP contribution in [0.15, 0.2) is 60.7 Å². The van der Waals surface area contributed by atoms with Gasteiger partial charge in [-0.2, -0.15) is 0 Å². The molecule has 11 heteroatoms. The van der Waals surface area contributed by atoms with Crippen molar-refractivity contribution in [1.29, 1.82) is 0 Å². The van der Waals surface area contributed by atoms with Gasteiger partial charge in [0, 0.05) is 25.8 Å². The summed E-state index contributed by atoms with van der Waals surface area (Å²) in [4.78, 5) is 42.8. The zero-order chi connectivity index (χ0) is 46.6. The van der Waals surface area contributed by atoms with Crippen molar-refractivity contribution in [3.8, 4) is 0 Å². The Morgan fingerprint density at radius 1 is 0.400 bits per heavy atom. The Balaban J connectivity index is 0.00000124. The fraction of sp³-hybridized carbons (Fsp3) is 0.704. The maximum atomic E-state index is 10.7. The SMILES string of the molecule is CC(=O)OCCCCCCCCCCCCCC(CCCC(=O)[O-])OCc1ccccc1.CC(=O)OCCCCCCCCCCCCCC(CCCC(=O)[O-])OCc1ccccc1.[Ba+2]. The first-order chi connectivity index (χ1) is 31.2. The maximum Gasteiger partial charge on any atom is 2.00 e. The van der Waals surface area contributed by atoms with E-state index in [4.69, 9.17) is 18.9 Å². The molecule has 0 amide bonds. The third-order valence-corrected chi connectivity index (χ3v) is 11.4. The van der Waals surface area contributed by atoms with Gasteiger partial charge >= 0.3 is 60.8 Å². The molecule has 0 aliphatic rings. The number of carbonyl (C=O) groups excluding carboxylic acids is 4. The van der Waals surface area contributed by atoms with Crippen LogP contribution in [0, 0.1) is 0 Å². The van der Waals surface area contributed by atoms with E-state index in [2.05, 4.69) is 24.3 Å². The van der Waals surface area contributed by atoms with Gasteiger partial charge in [0.15, 0.2) is 0 Å². The first-order valence-electron chi connectivity index (χ1n) is 25.1. The molecule has 0 aliphatic carbocycles. The second-order valence-electron chi connectivity index (χ2n) is 17.4. The van der Waals surface area contributed by atoms with Crippen molar-refractivity contribution in [2.24, 2.45) is 0 Å². The second kappa shape index (κ2) is 46.9. The Kier molecular flexibility index (Phi) is 45.3. The summed E-state index contributed by atoms with van der Waals surface area (Å²) in [7, 11) is 0. The first kappa shape index (κ1) is 62.8. The number of carboxylic acid groups (broad SMARTS) is 2. The molecule has 0 aromatic heterocycles. The Labute approximate surface area is 434 Å². The minimum absolute atomic E-state index is 0. The van der Waals surface area contributed by atoms with Crippen molar-refractivity contribution >= 4 is 72.8 Å². The van der Waals surface area contributed by atoms with Crippen LogP contribution in [-0.2, 0) is 51.3 Å². The summed E-state index contributed by atoms with van der Waals surface area (Å²) in [5.41, 5.74) is 2.31. The van der Waals surface area contributed by atoms with E-state index in [1.165, 1.54) is 117 Å². The molecule has 2 rings (SSSR count). The van der Waals surface area contributed by atoms with Crippen molar-refractivity contribution < 1.29 is 48.3 Å². The van der Waals surface area contributed by atoms with Crippen LogP contribution in [-0.4, -0.2) is 98.2 Å². The van der Waals surface area contributed by atoms with Gasteiger partial charge in [-0.15, -0.1) is 0 Å². The fourth-order valence-electron chi connectivity index (χ4n) is 7.71. The predicted octanol–water partition coefficient (Wildman–Crippen LogP) is 11.1. The molecule has 2 atom stereocenters. The van der Waals surface area contributed by atoms with Gasteiger partial charge in [-0.3, -0.25) is 9.59 Å². The van der Waals surface area contributed by atoms with Crippen LogP contribution in [0.3, 0.4) is 0 Å². The van der Waals surface area contributed by atoms with Gasteiger partial charge in [0.25, 0.3) is 0 Å². The zero-order valence-electron chi connectivity index (χ0n) is 40.8. The predicted molar refractivity (Wildman–Crippen MR) is 258 cm³/mol. The second-order valence-corrected chi connectivity index (χ2v) is 17.4. The molecule has 0 bridgehead atoms. The summed E-state index contributed by atoms with van der Waals surface area (Å²) in [5.74, 6) is -2.32. The van der Waals surface area contributed by atoms with E-state index in [1.807, 2.05) is 36.4 Å². The molecule has 2 aromatic rings. The first-order valence-corrected chi connectivity index (χ1v) is 25.1. The average molecular weight is 1030 g/mol. The molecular weight excluding hydrogens is 946 g/mol. The van der Waals surface area contributed by atoms with E-state index in [9.17, 15) is 29.4 Å². The van der Waals surface area contributed by atoms with Crippen molar-refractivity contribution in [1.82, 2.24) is 0 Å². The van der Waals surface area contributed by atoms with E-state index in [1.54, 1.807) is 0 Å². The maximum absolute atomic E-state index is 10.7. The fourth-order valence-corrected chi connectivity index (χ4v) is 7.71. The number of rotatable bonds is 42. The van der Waals surface area contributed by atoms with Crippen LogP contribution >= 0.6 is 0 Å². The van der Waals surface area contributed by atoms with Gasteiger partial charge in [0.1, 0.15) is 0 Å². The topological polar surface area (TPSA) is 151 Å². The van der Waals surface area contributed by atoms with Crippen molar-refractivity contribution in [2.45, 2.75) is 232 Å². The zero-order valence-corrected chi connectivity index (χ0v) is 45.2. The molecule has 2 unspecified atom stereocenters. The van der Waals surface area contributed by atoms with Crippen molar-refractivity contribution in [3.05, 3.63) is 71.8 Å². The van der Waals surface area contributed by atoms with Crippen LogP contribution in [0.2, 0.25) is 0 Å². The third-order valence-electron chi connectivity index (χ3n) is 11.4. The van der Waals surface area contributed by atoms with Crippen molar-refractivity contribution in [3.63, 3.8) is 0 Å². The largest absolute Gasteiger partial charge is 2.00 e. The number of aliphatic carboxylic acids is 2. The summed E-state index contributed by atoms with van der Waals surface area (Å²) in [6.45, 7) is 5.20. The van der Waals surface area contributed by atoms with Crippen LogP contribution in [0.4, 0.5) is 0 Å². The Hall–Kier alpha value is -2.19. The molecule has 0 radical (unpaired) electrons. The summed E-state index contributed by atoms with van der Waals surface area (Å²) >= 11 is 0. The van der Waals surface area contributed by atoms with E-state index >= 15 is 0 Å². The molecule has 0 spiro atoms. The smallest absolute Gasteiger partial charge is 0.550 e. The summed E-state index contributed by atoms with van der Waals surface area (Å²) in [5, 5.41) is 21.4. The number of ether oxygens (including phenoxy) is 4. The van der Waals surface area contributed by atoms with Gasteiger partial charge in [-0.05, 0) is 75.3 Å². The van der Waals surface area contributed by atoms with Crippen LogP contribution in [0.25, 0.3) is 0 Å². The molecular formula is C54H86BaO10. The average Bonchev–Trinajstić information content (AvgIpc) is 3.27. The molecule has 0 aliphatic heterocycles. The summed E-state index contributed by atoms with van der Waals surface area (Å²) < 4.78 is 22.1. The van der Waals surface area contributed by atoms with Gasteiger partial charge in [0.2, 0.25) is 0 Å². The van der Waals surface area contributed by atoms with Crippen molar-refractivity contribution in [2.75, 3.05) is 13.2 Å². The summed E-state index contributed by atoms with van der Waals surface area (Å²) in [6, 6.07) is 20.3. The number of esters is 2. The van der Waals surface area contributed by atoms with E-state index in [0.29, 0.717) is 39.3 Å². The number of benzene rings is 2. The summed E-state index contributed by atoms with van der Waals surface area (Å²) in [6.07, 6.45) is 32.0. The molecule has 10 nitrogen and oxygen atoms in total. The number of carbonyl (C=O) groups is 4. The molecule has 0 heterocycles. The Bertz CT molecular complexity index is 1290. The molecule has 0 saturated carbocycles. The molecule has 65 heavy (non-hydrogen) atoms. The van der Waals surface area contributed by atoms with E-state index < -0.39 is 11.9 Å². The van der Waals surface area contributed by atoms with Gasteiger partial charge in [-0.1, -0.05) is 189 Å². The minimum Gasteiger partial charge on any atom is -0.550 e. The standard InChI is InChI=1S/2C27H44O5.Ba/c2*1-24(28)31-22-15-10-8-6-4-2-3-5-7-9-14-19-26(20-16-21-27(29)30)32-23-25-17-12-11-13-18-25;/h2*11-13,17-18,26H,2-10,14-16,19-23H2,1H3,(H,29,30);/q;;+2/p-2. The van der Waals surface area contributed by atoms with Gasteiger partial charge in [0.05, 0.1) is 38.6 Å². The Morgan fingerprint density at radius 3 is 0.938 bits per heavy atom. The number of carboxylic acids is 2. The molecule has 2 aromatic carbocycles. The third kappa shape index (κ3) is 45.4. The van der Waals surface area contributed by atoms with Crippen LogP contribution < -0.4 is 10.2 Å². The Morgan fingerprint density at radius 2 is 0.662 bits per heavy atom. The van der Waals surface area contributed by atoms with Crippen LogP contribution in [0.1, 0.15) is 218 Å². The normalized spacial score (nSPS) is 11.7. The number of hydrogen-bond acceptors (Lipinski definition) is 10. The molecule has 0 N–H and O–H groups in total. The monoisotopic (exact) mass is 1030 g/mol. The number of unbranched alkanes of at least 4 members (excludes halogenated alkanes) is 20. The van der Waals surface area contributed by atoms with Crippen LogP contribution in [0.5, 0.6) is 0 Å². The molecule has 0 fully saturated rings.